The molecule has 0 saturated carbocycles. The average Bonchev–Trinajstić information content (AvgIpc) is 3.08. The molecular formula is C42H76O6. The Labute approximate surface area is 296 Å². The molecule has 0 heterocycles. The van der Waals surface area contributed by atoms with Gasteiger partial charge in [0.15, 0.2) is 6.10 Å². The summed E-state index contributed by atoms with van der Waals surface area (Å²) < 4.78 is 16.5. The number of unbranched alkanes of at least 4 members (excludes halogenated alkanes) is 21. The zero-order valence-corrected chi connectivity index (χ0v) is 31.8. The molecule has 6 nitrogen and oxygen atoms in total. The second-order valence-electron chi connectivity index (χ2n) is 13.6. The SMILES string of the molecule is CCCCCC/C=C\C/C=C\CCCCCCCC(=O)OCC(COC(=O)CCCCCCCC)OC(=O)CCCCCCCCCC. The lowest BCUT2D eigenvalue weighted by molar-refractivity contribution is -0.167. The van der Waals surface area contributed by atoms with Gasteiger partial charge in [-0.15, -0.1) is 0 Å². The molecule has 0 N–H and O–H groups in total. The smallest absolute Gasteiger partial charge is 0.306 e. The van der Waals surface area contributed by atoms with Crippen molar-refractivity contribution in [3.63, 3.8) is 0 Å². The summed E-state index contributed by atoms with van der Waals surface area (Å²) in [5.41, 5.74) is 0. The van der Waals surface area contributed by atoms with Gasteiger partial charge in [-0.2, -0.15) is 0 Å². The van der Waals surface area contributed by atoms with E-state index in [2.05, 4.69) is 45.1 Å². The summed E-state index contributed by atoms with van der Waals surface area (Å²) in [6, 6.07) is 0. The minimum atomic E-state index is -0.765. The monoisotopic (exact) mass is 677 g/mol. The van der Waals surface area contributed by atoms with Crippen LogP contribution in [0.25, 0.3) is 0 Å². The normalized spacial score (nSPS) is 12.1. The van der Waals surface area contributed by atoms with E-state index in [1.165, 1.54) is 89.9 Å². The van der Waals surface area contributed by atoms with Crippen LogP contribution in [0.5, 0.6) is 0 Å². The van der Waals surface area contributed by atoms with Gasteiger partial charge in [-0.05, 0) is 51.4 Å². The summed E-state index contributed by atoms with van der Waals surface area (Å²) in [5.74, 6) is -0.904. The standard InChI is InChI=1S/C42H76O6/c1-4-7-10-13-16-18-19-20-21-22-23-24-25-27-29-32-35-41(44)47-38-39(37-46-40(43)34-31-28-15-12-9-6-3)48-42(45)36-33-30-26-17-14-11-8-5-2/h18-19,21-22,39H,4-17,20,23-38H2,1-3H3/b19-18-,22-21-. The summed E-state index contributed by atoms with van der Waals surface area (Å²) in [4.78, 5) is 37.3. The fourth-order valence-corrected chi connectivity index (χ4v) is 5.59. The van der Waals surface area contributed by atoms with Crippen molar-refractivity contribution in [2.45, 2.75) is 213 Å². The first-order valence-electron chi connectivity index (χ1n) is 20.3. The van der Waals surface area contributed by atoms with Crippen LogP contribution >= 0.6 is 0 Å². The molecule has 0 saturated heterocycles. The molecule has 0 amide bonds. The van der Waals surface area contributed by atoms with Crippen molar-refractivity contribution in [2.24, 2.45) is 0 Å². The Bertz CT molecular complexity index is 789. The fourth-order valence-electron chi connectivity index (χ4n) is 5.59. The molecule has 0 fully saturated rings. The fraction of sp³-hybridized carbons (Fsp3) is 0.833. The quantitative estimate of drug-likeness (QED) is 0.0284. The Morgan fingerprint density at radius 3 is 1.17 bits per heavy atom. The maximum absolute atomic E-state index is 12.5. The van der Waals surface area contributed by atoms with E-state index >= 15 is 0 Å². The maximum atomic E-state index is 12.5. The first-order valence-corrected chi connectivity index (χ1v) is 20.3. The number of rotatable bonds is 36. The highest BCUT2D eigenvalue weighted by Crippen LogP contribution is 2.13. The second kappa shape index (κ2) is 37.7. The summed E-state index contributed by atoms with van der Waals surface area (Å²) in [7, 11) is 0. The van der Waals surface area contributed by atoms with Gasteiger partial charge >= 0.3 is 17.9 Å². The molecule has 0 aliphatic carbocycles. The van der Waals surface area contributed by atoms with E-state index in [4.69, 9.17) is 14.2 Å². The van der Waals surface area contributed by atoms with Crippen LogP contribution in [0.15, 0.2) is 24.3 Å². The van der Waals surface area contributed by atoms with Gasteiger partial charge in [0, 0.05) is 19.3 Å². The van der Waals surface area contributed by atoms with Crippen molar-refractivity contribution in [1.82, 2.24) is 0 Å². The van der Waals surface area contributed by atoms with Crippen molar-refractivity contribution in [1.29, 1.82) is 0 Å². The van der Waals surface area contributed by atoms with Gasteiger partial charge in [-0.1, -0.05) is 161 Å². The summed E-state index contributed by atoms with van der Waals surface area (Å²) in [5, 5.41) is 0. The van der Waals surface area contributed by atoms with E-state index in [0.29, 0.717) is 19.3 Å². The molecule has 6 heteroatoms. The van der Waals surface area contributed by atoms with Gasteiger partial charge in [0.2, 0.25) is 0 Å². The molecule has 280 valence electrons. The molecule has 0 aliphatic heterocycles. The lowest BCUT2D eigenvalue weighted by Crippen LogP contribution is -2.30. The topological polar surface area (TPSA) is 78.9 Å². The largest absolute Gasteiger partial charge is 0.462 e. The number of hydrogen-bond acceptors (Lipinski definition) is 6. The van der Waals surface area contributed by atoms with Crippen LogP contribution in [0.4, 0.5) is 0 Å². The Morgan fingerprint density at radius 2 is 0.750 bits per heavy atom. The highest BCUT2D eigenvalue weighted by atomic mass is 16.6. The van der Waals surface area contributed by atoms with E-state index < -0.39 is 6.10 Å². The highest BCUT2D eigenvalue weighted by Gasteiger charge is 2.19. The average molecular weight is 677 g/mol. The van der Waals surface area contributed by atoms with E-state index in [1.54, 1.807) is 0 Å². The van der Waals surface area contributed by atoms with Gasteiger partial charge in [-0.25, -0.2) is 0 Å². The first-order chi connectivity index (χ1) is 23.5. The number of carbonyl (C=O) groups excluding carboxylic acids is 3. The Balaban J connectivity index is 4.26. The van der Waals surface area contributed by atoms with Crippen molar-refractivity contribution in [3.05, 3.63) is 24.3 Å². The maximum Gasteiger partial charge on any atom is 0.306 e. The van der Waals surface area contributed by atoms with Crippen molar-refractivity contribution in [3.8, 4) is 0 Å². The Morgan fingerprint density at radius 1 is 0.417 bits per heavy atom. The minimum Gasteiger partial charge on any atom is -0.462 e. The molecular weight excluding hydrogens is 600 g/mol. The van der Waals surface area contributed by atoms with Gasteiger partial charge in [-0.3, -0.25) is 14.4 Å². The van der Waals surface area contributed by atoms with Crippen LogP contribution < -0.4 is 0 Å². The predicted octanol–water partition coefficient (Wildman–Crippen LogP) is 12.5. The second-order valence-corrected chi connectivity index (χ2v) is 13.6. The van der Waals surface area contributed by atoms with Crippen molar-refractivity contribution < 1.29 is 28.6 Å². The minimum absolute atomic E-state index is 0.0745. The Hall–Kier alpha value is -2.11. The summed E-state index contributed by atoms with van der Waals surface area (Å²) in [6.07, 6.45) is 39.0. The molecule has 48 heavy (non-hydrogen) atoms. The Kier molecular flexibility index (Phi) is 36.0. The van der Waals surface area contributed by atoms with E-state index in [0.717, 1.165) is 77.0 Å². The van der Waals surface area contributed by atoms with Crippen LogP contribution in [0.2, 0.25) is 0 Å². The van der Waals surface area contributed by atoms with Gasteiger partial charge in [0.05, 0.1) is 0 Å². The number of carbonyl (C=O) groups is 3. The number of ether oxygens (including phenoxy) is 3. The van der Waals surface area contributed by atoms with E-state index in [-0.39, 0.29) is 31.1 Å². The highest BCUT2D eigenvalue weighted by molar-refractivity contribution is 5.71. The van der Waals surface area contributed by atoms with Crippen LogP contribution in [0, 0.1) is 0 Å². The number of allylic oxidation sites excluding steroid dienone is 4. The third-order valence-electron chi connectivity index (χ3n) is 8.71. The zero-order valence-electron chi connectivity index (χ0n) is 31.8. The lowest BCUT2D eigenvalue weighted by Gasteiger charge is -2.18. The van der Waals surface area contributed by atoms with E-state index in [1.807, 2.05) is 0 Å². The van der Waals surface area contributed by atoms with Crippen LogP contribution in [0.1, 0.15) is 207 Å². The molecule has 1 atom stereocenters. The van der Waals surface area contributed by atoms with Crippen LogP contribution in [-0.4, -0.2) is 37.2 Å². The van der Waals surface area contributed by atoms with Crippen LogP contribution in [-0.2, 0) is 28.6 Å². The zero-order chi connectivity index (χ0) is 35.2. The van der Waals surface area contributed by atoms with Gasteiger partial charge in [0.25, 0.3) is 0 Å². The van der Waals surface area contributed by atoms with Crippen molar-refractivity contribution >= 4 is 17.9 Å². The van der Waals surface area contributed by atoms with Crippen molar-refractivity contribution in [2.75, 3.05) is 13.2 Å². The third kappa shape index (κ3) is 35.2. The molecule has 0 aromatic carbocycles. The van der Waals surface area contributed by atoms with Gasteiger partial charge in [0.1, 0.15) is 13.2 Å². The molecule has 0 aromatic rings. The molecule has 0 radical (unpaired) electrons. The number of esters is 3. The molecule has 0 spiro atoms. The molecule has 0 aromatic heterocycles. The predicted molar refractivity (Wildman–Crippen MR) is 201 cm³/mol. The molecule has 0 rings (SSSR count). The molecule has 1 unspecified atom stereocenters. The van der Waals surface area contributed by atoms with E-state index in [9.17, 15) is 14.4 Å². The molecule has 0 bridgehead atoms. The lowest BCUT2D eigenvalue weighted by atomic mass is 10.1. The van der Waals surface area contributed by atoms with Gasteiger partial charge < -0.3 is 14.2 Å². The summed E-state index contributed by atoms with van der Waals surface area (Å²) in [6.45, 7) is 6.50. The number of hydrogen-bond donors (Lipinski definition) is 0. The van der Waals surface area contributed by atoms with Crippen LogP contribution in [0.3, 0.4) is 0 Å². The third-order valence-corrected chi connectivity index (χ3v) is 8.71. The molecule has 0 aliphatic rings. The first kappa shape index (κ1) is 45.9. The summed E-state index contributed by atoms with van der Waals surface area (Å²) >= 11 is 0.